The molecule has 1 amide bonds. The van der Waals surface area contributed by atoms with Crippen molar-refractivity contribution in [3.63, 3.8) is 0 Å². The second kappa shape index (κ2) is 5.85. The Balaban J connectivity index is 2.38. The molecule has 3 N–H and O–H groups in total. The van der Waals surface area contributed by atoms with Crippen LogP contribution in [-0.2, 0) is 4.79 Å². The van der Waals surface area contributed by atoms with E-state index in [4.69, 9.17) is 5.73 Å². The lowest BCUT2D eigenvalue weighted by Crippen LogP contribution is -2.47. The monoisotopic (exact) mass is 240 g/mol. The molecule has 100 valence electrons. The molecule has 0 heterocycles. The molecule has 1 rings (SSSR count). The van der Waals surface area contributed by atoms with Gasteiger partial charge in [-0.05, 0) is 51.4 Å². The fourth-order valence-electron chi connectivity index (χ4n) is 2.40. The number of amides is 1. The molecule has 0 aromatic heterocycles. The molecule has 0 aromatic rings. The minimum absolute atomic E-state index is 0.105. The molecule has 0 aliphatic heterocycles. The van der Waals surface area contributed by atoms with Crippen molar-refractivity contribution in [2.75, 3.05) is 6.54 Å². The lowest BCUT2D eigenvalue weighted by molar-refractivity contribution is -0.129. The van der Waals surface area contributed by atoms with Gasteiger partial charge in [0, 0.05) is 12.6 Å². The van der Waals surface area contributed by atoms with Crippen LogP contribution in [-0.4, -0.2) is 18.5 Å². The Bertz CT molecular complexity index is 253. The molecule has 1 aliphatic rings. The van der Waals surface area contributed by atoms with E-state index in [1.165, 1.54) is 12.8 Å². The molecule has 0 radical (unpaired) electrons. The maximum absolute atomic E-state index is 12.0. The molecule has 0 aromatic carbocycles. The van der Waals surface area contributed by atoms with E-state index in [1.54, 1.807) is 0 Å². The van der Waals surface area contributed by atoms with Crippen LogP contribution in [0.5, 0.6) is 0 Å². The number of hydrogen-bond acceptors (Lipinski definition) is 2. The quantitative estimate of drug-likeness (QED) is 0.792. The molecule has 1 fully saturated rings. The molecular formula is C14H28N2O. The van der Waals surface area contributed by atoms with Gasteiger partial charge in [0.15, 0.2) is 0 Å². The van der Waals surface area contributed by atoms with Gasteiger partial charge in [-0.25, -0.2) is 0 Å². The average molecular weight is 240 g/mol. The van der Waals surface area contributed by atoms with E-state index in [2.05, 4.69) is 19.2 Å². The van der Waals surface area contributed by atoms with Crippen LogP contribution in [0.25, 0.3) is 0 Å². The summed E-state index contributed by atoms with van der Waals surface area (Å²) in [5, 5.41) is 3.15. The second-order valence-corrected chi connectivity index (χ2v) is 6.42. The van der Waals surface area contributed by atoms with Gasteiger partial charge in [-0.2, -0.15) is 0 Å². The molecule has 1 saturated carbocycles. The van der Waals surface area contributed by atoms with Gasteiger partial charge in [0.2, 0.25) is 5.91 Å². The lowest BCUT2D eigenvalue weighted by atomic mass is 9.79. The van der Waals surface area contributed by atoms with Crippen molar-refractivity contribution in [3.8, 4) is 0 Å². The zero-order chi connectivity index (χ0) is 13.1. The zero-order valence-corrected chi connectivity index (χ0v) is 11.8. The van der Waals surface area contributed by atoms with Gasteiger partial charge in [-0.1, -0.05) is 13.8 Å². The minimum Gasteiger partial charge on any atom is -0.353 e. The number of carbonyl (C=O) groups is 1. The topological polar surface area (TPSA) is 55.1 Å². The average Bonchev–Trinajstić information content (AvgIpc) is 2.29. The Morgan fingerprint density at radius 2 is 1.82 bits per heavy atom. The van der Waals surface area contributed by atoms with E-state index >= 15 is 0 Å². The number of hydrogen-bond donors (Lipinski definition) is 2. The SMILES string of the molecule is CC(C)[C@H]1CC[C@H](NC(=O)C(C)(C)CN)CC1. The van der Waals surface area contributed by atoms with Crippen LogP contribution in [0.4, 0.5) is 0 Å². The van der Waals surface area contributed by atoms with Crippen LogP contribution in [0.15, 0.2) is 0 Å². The lowest BCUT2D eigenvalue weighted by Gasteiger charge is -2.33. The maximum atomic E-state index is 12.0. The molecule has 3 heteroatoms. The molecule has 1 aliphatic carbocycles. The summed E-state index contributed by atoms with van der Waals surface area (Å²) in [5.74, 6) is 1.71. The Kier molecular flexibility index (Phi) is 4.99. The smallest absolute Gasteiger partial charge is 0.227 e. The van der Waals surface area contributed by atoms with Crippen molar-refractivity contribution in [3.05, 3.63) is 0 Å². The van der Waals surface area contributed by atoms with Crippen molar-refractivity contribution < 1.29 is 4.79 Å². The van der Waals surface area contributed by atoms with Gasteiger partial charge in [-0.15, -0.1) is 0 Å². The van der Waals surface area contributed by atoms with E-state index in [9.17, 15) is 4.79 Å². The van der Waals surface area contributed by atoms with Crippen molar-refractivity contribution in [1.82, 2.24) is 5.32 Å². The molecular weight excluding hydrogens is 212 g/mol. The van der Waals surface area contributed by atoms with Crippen LogP contribution >= 0.6 is 0 Å². The molecule has 0 saturated heterocycles. The highest BCUT2D eigenvalue weighted by atomic mass is 16.2. The van der Waals surface area contributed by atoms with E-state index in [-0.39, 0.29) is 5.91 Å². The highest BCUT2D eigenvalue weighted by Crippen LogP contribution is 2.30. The van der Waals surface area contributed by atoms with E-state index in [1.807, 2.05) is 13.8 Å². The number of rotatable bonds is 4. The molecule has 0 spiro atoms. The first-order valence-electron chi connectivity index (χ1n) is 6.88. The van der Waals surface area contributed by atoms with Gasteiger partial charge in [0.25, 0.3) is 0 Å². The molecule has 0 bridgehead atoms. The van der Waals surface area contributed by atoms with Crippen molar-refractivity contribution >= 4 is 5.91 Å². The largest absolute Gasteiger partial charge is 0.353 e. The summed E-state index contributed by atoms with van der Waals surface area (Å²) in [6.45, 7) is 8.80. The Labute approximate surface area is 106 Å². The fraction of sp³-hybridized carbons (Fsp3) is 0.929. The second-order valence-electron chi connectivity index (χ2n) is 6.42. The number of nitrogens with two attached hydrogens (primary N) is 1. The first-order chi connectivity index (χ1) is 7.86. The normalized spacial score (nSPS) is 26.0. The summed E-state index contributed by atoms with van der Waals surface area (Å²) >= 11 is 0. The first-order valence-corrected chi connectivity index (χ1v) is 6.88. The summed E-state index contributed by atoms with van der Waals surface area (Å²) in [5.41, 5.74) is 5.18. The third kappa shape index (κ3) is 3.98. The van der Waals surface area contributed by atoms with Crippen LogP contribution in [0.3, 0.4) is 0 Å². The van der Waals surface area contributed by atoms with Crippen molar-refractivity contribution in [1.29, 1.82) is 0 Å². The van der Waals surface area contributed by atoms with Crippen molar-refractivity contribution in [2.45, 2.75) is 59.4 Å². The van der Waals surface area contributed by atoms with Gasteiger partial charge < -0.3 is 11.1 Å². The minimum atomic E-state index is -0.436. The van der Waals surface area contributed by atoms with Gasteiger partial charge >= 0.3 is 0 Å². The van der Waals surface area contributed by atoms with Crippen LogP contribution in [0, 0.1) is 17.3 Å². The predicted molar refractivity (Wildman–Crippen MR) is 71.6 cm³/mol. The van der Waals surface area contributed by atoms with Crippen LogP contribution in [0.1, 0.15) is 53.4 Å². The van der Waals surface area contributed by atoms with E-state index < -0.39 is 5.41 Å². The summed E-state index contributed by atoms with van der Waals surface area (Å²) < 4.78 is 0. The number of carbonyl (C=O) groups excluding carboxylic acids is 1. The van der Waals surface area contributed by atoms with Crippen molar-refractivity contribution in [2.24, 2.45) is 23.0 Å². The Hall–Kier alpha value is -0.570. The maximum Gasteiger partial charge on any atom is 0.227 e. The third-order valence-corrected chi connectivity index (χ3v) is 4.17. The van der Waals surface area contributed by atoms with E-state index in [0.29, 0.717) is 12.6 Å². The first kappa shape index (κ1) is 14.5. The Morgan fingerprint density at radius 3 is 2.24 bits per heavy atom. The van der Waals surface area contributed by atoms with E-state index in [0.717, 1.165) is 24.7 Å². The zero-order valence-electron chi connectivity index (χ0n) is 11.8. The van der Waals surface area contributed by atoms with Gasteiger partial charge in [0.05, 0.1) is 5.41 Å². The predicted octanol–water partition coefficient (Wildman–Crippen LogP) is 2.30. The highest BCUT2D eigenvalue weighted by Gasteiger charge is 2.30. The standard InChI is InChI=1S/C14H28N2O/c1-10(2)11-5-7-12(8-6-11)16-13(17)14(3,4)9-15/h10-12H,5-9,15H2,1-4H3,(H,16,17)/t11-,12-. The fourth-order valence-corrected chi connectivity index (χ4v) is 2.40. The Morgan fingerprint density at radius 1 is 1.29 bits per heavy atom. The van der Waals surface area contributed by atoms with Crippen LogP contribution in [0.2, 0.25) is 0 Å². The molecule has 17 heavy (non-hydrogen) atoms. The van der Waals surface area contributed by atoms with Gasteiger partial charge in [-0.3, -0.25) is 4.79 Å². The molecule has 3 nitrogen and oxygen atoms in total. The summed E-state index contributed by atoms with van der Waals surface area (Å²) in [7, 11) is 0. The summed E-state index contributed by atoms with van der Waals surface area (Å²) in [4.78, 5) is 12.0. The third-order valence-electron chi connectivity index (χ3n) is 4.17. The van der Waals surface area contributed by atoms with Crippen LogP contribution < -0.4 is 11.1 Å². The van der Waals surface area contributed by atoms with Gasteiger partial charge in [0.1, 0.15) is 0 Å². The molecule has 0 atom stereocenters. The summed E-state index contributed by atoms with van der Waals surface area (Å²) in [6.07, 6.45) is 4.72. The highest BCUT2D eigenvalue weighted by molar-refractivity contribution is 5.82. The molecule has 0 unspecified atom stereocenters. The summed E-state index contributed by atoms with van der Waals surface area (Å²) in [6, 6.07) is 0.364. The number of nitrogens with one attached hydrogen (secondary N) is 1.